The second-order valence-electron chi connectivity index (χ2n) is 16.2. The molecular formula is C51H78O8. The quantitative estimate of drug-likeness (QED) is 0.0310. The molecule has 0 radical (unpaired) electrons. The van der Waals surface area contributed by atoms with Crippen LogP contribution in [0.5, 0.6) is 5.75 Å². The molecule has 8 heteroatoms. The molecule has 0 heterocycles. The number of ether oxygens (including phenoxy) is 3. The molecule has 2 rings (SSSR count). The van der Waals surface area contributed by atoms with E-state index in [4.69, 9.17) is 19.3 Å². The largest absolute Gasteiger partial charge is 0.478 e. The number of carbonyl (C=O) groups is 4. The van der Waals surface area contributed by atoms with Gasteiger partial charge in [-0.2, -0.15) is 0 Å². The molecule has 0 saturated carbocycles. The minimum Gasteiger partial charge on any atom is -0.478 e. The van der Waals surface area contributed by atoms with Gasteiger partial charge in [-0.3, -0.25) is 9.59 Å². The number of unbranched alkanes of at least 4 members (excludes halogenated alkanes) is 26. The van der Waals surface area contributed by atoms with Crippen molar-refractivity contribution in [2.75, 3.05) is 13.2 Å². The zero-order valence-corrected chi connectivity index (χ0v) is 36.9. The Morgan fingerprint density at radius 2 is 0.814 bits per heavy atom. The number of aromatic carboxylic acids is 1. The van der Waals surface area contributed by atoms with E-state index >= 15 is 0 Å². The van der Waals surface area contributed by atoms with E-state index in [1.807, 2.05) is 0 Å². The first-order chi connectivity index (χ1) is 28.8. The number of hydrogen-bond acceptors (Lipinski definition) is 7. The Morgan fingerprint density at radius 1 is 0.475 bits per heavy atom. The molecule has 0 spiro atoms. The second kappa shape index (κ2) is 34.9. The lowest BCUT2D eigenvalue weighted by Gasteiger charge is -2.13. The summed E-state index contributed by atoms with van der Waals surface area (Å²) in [6.45, 7) is 5.05. The third-order valence-electron chi connectivity index (χ3n) is 10.9. The first-order valence-corrected chi connectivity index (χ1v) is 23.5. The van der Waals surface area contributed by atoms with E-state index in [9.17, 15) is 19.2 Å². The van der Waals surface area contributed by atoms with Gasteiger partial charge in [-0.15, -0.1) is 0 Å². The number of benzene rings is 2. The molecule has 0 bridgehead atoms. The number of carbonyl (C=O) groups excluding carboxylic acids is 3. The van der Waals surface area contributed by atoms with E-state index in [0.717, 1.165) is 38.5 Å². The molecule has 0 fully saturated rings. The maximum atomic E-state index is 13.2. The van der Waals surface area contributed by atoms with Gasteiger partial charge in [0.1, 0.15) is 5.75 Å². The highest BCUT2D eigenvalue weighted by Gasteiger charge is 2.27. The lowest BCUT2D eigenvalue weighted by atomic mass is 10.0. The molecule has 0 unspecified atom stereocenters. The summed E-state index contributed by atoms with van der Waals surface area (Å²) < 4.78 is 16.6. The fourth-order valence-corrected chi connectivity index (χ4v) is 7.14. The van der Waals surface area contributed by atoms with E-state index < -0.39 is 29.8 Å². The minimum absolute atomic E-state index is 0.0941. The van der Waals surface area contributed by atoms with Crippen LogP contribution in [-0.2, 0) is 19.1 Å². The van der Waals surface area contributed by atoms with Crippen LogP contribution in [0.4, 0.5) is 0 Å². The zero-order valence-electron chi connectivity index (χ0n) is 36.9. The van der Waals surface area contributed by atoms with Crippen LogP contribution in [0.2, 0.25) is 0 Å². The number of hydrogen-bond donors (Lipinski definition) is 1. The van der Waals surface area contributed by atoms with Crippen molar-refractivity contribution in [2.45, 2.75) is 194 Å². The first kappa shape index (κ1) is 51.2. The highest BCUT2D eigenvalue weighted by atomic mass is 16.6. The molecule has 0 atom stereocenters. The summed E-state index contributed by atoms with van der Waals surface area (Å²) in [4.78, 5) is 50.2. The molecule has 2 aromatic rings. The van der Waals surface area contributed by atoms with Gasteiger partial charge in [0.05, 0.1) is 24.3 Å². The summed E-state index contributed by atoms with van der Waals surface area (Å²) in [5.74, 6) is -3.85. The van der Waals surface area contributed by atoms with Gasteiger partial charge >= 0.3 is 23.9 Å². The van der Waals surface area contributed by atoms with Gasteiger partial charge in [0.2, 0.25) is 0 Å². The molecule has 2 aromatic carbocycles. The van der Waals surface area contributed by atoms with Crippen molar-refractivity contribution >= 4 is 30.0 Å². The molecule has 0 aliphatic carbocycles. The minimum atomic E-state index is -1.19. The molecule has 59 heavy (non-hydrogen) atoms. The number of carboxylic acids is 1. The fourth-order valence-electron chi connectivity index (χ4n) is 7.14. The van der Waals surface area contributed by atoms with Gasteiger partial charge in [0, 0.05) is 0 Å². The Balaban J connectivity index is 1.78. The van der Waals surface area contributed by atoms with E-state index in [0.29, 0.717) is 11.1 Å². The van der Waals surface area contributed by atoms with Crippen LogP contribution in [0.1, 0.15) is 220 Å². The topological polar surface area (TPSA) is 116 Å². The molecule has 0 aliphatic rings. The van der Waals surface area contributed by atoms with Crippen LogP contribution in [0.3, 0.4) is 0 Å². The van der Waals surface area contributed by atoms with Crippen LogP contribution in [0.15, 0.2) is 54.6 Å². The fraction of sp³-hybridized carbons (Fsp3) is 0.647. The molecule has 0 aromatic heterocycles. The lowest BCUT2D eigenvalue weighted by molar-refractivity contribution is -0.159. The Morgan fingerprint density at radius 3 is 1.17 bits per heavy atom. The monoisotopic (exact) mass is 819 g/mol. The number of carboxylic acid groups (broad SMARTS) is 1. The first-order valence-electron chi connectivity index (χ1n) is 23.5. The second-order valence-corrected chi connectivity index (χ2v) is 16.2. The predicted octanol–water partition coefficient (Wildman–Crippen LogP) is 14.3. The smallest absolute Gasteiger partial charge is 0.343 e. The summed E-state index contributed by atoms with van der Waals surface area (Å²) in [7, 11) is 0. The Kier molecular flexibility index (Phi) is 30.3. The average Bonchev–Trinajstić information content (AvgIpc) is 3.24. The predicted molar refractivity (Wildman–Crippen MR) is 240 cm³/mol. The molecule has 1 N–H and O–H groups in total. The van der Waals surface area contributed by atoms with Crippen LogP contribution < -0.4 is 4.74 Å². The van der Waals surface area contributed by atoms with Gasteiger partial charge in [-0.25, -0.2) is 9.59 Å². The van der Waals surface area contributed by atoms with Crippen molar-refractivity contribution in [3.63, 3.8) is 0 Å². The van der Waals surface area contributed by atoms with Crippen molar-refractivity contribution in [3.05, 3.63) is 71.3 Å². The number of esters is 3. The molecule has 8 nitrogen and oxygen atoms in total. The van der Waals surface area contributed by atoms with E-state index in [2.05, 4.69) is 13.8 Å². The molecule has 330 valence electrons. The summed E-state index contributed by atoms with van der Waals surface area (Å²) in [5, 5.41) is 9.08. The van der Waals surface area contributed by atoms with Crippen molar-refractivity contribution < 1.29 is 38.5 Å². The van der Waals surface area contributed by atoms with Crippen molar-refractivity contribution in [1.82, 2.24) is 0 Å². The van der Waals surface area contributed by atoms with Crippen molar-refractivity contribution in [1.29, 1.82) is 0 Å². The average molecular weight is 819 g/mol. The SMILES string of the molecule is CCCCCCCCCCCCCCCCOC(=O)C(/C=C/c1ccc(C(=O)Oc2ccc(C(=O)O)cc2)cc1)C(=O)OCCCCCCCCCCCCCCCC. The summed E-state index contributed by atoms with van der Waals surface area (Å²) in [6.07, 6.45) is 37.9. The summed E-state index contributed by atoms with van der Waals surface area (Å²) in [5.41, 5.74) is 1.06. The van der Waals surface area contributed by atoms with Crippen molar-refractivity contribution in [2.24, 2.45) is 5.92 Å². The van der Waals surface area contributed by atoms with Gasteiger partial charge in [0.15, 0.2) is 5.92 Å². The van der Waals surface area contributed by atoms with Crippen LogP contribution in [0, 0.1) is 5.92 Å². The maximum absolute atomic E-state index is 13.2. The standard InChI is InChI=1S/C51H78O8/c1-3-5-7-9-11-13-15-17-19-21-23-25-27-29-41-57-50(55)47(51(56)58-42-30-28-26-24-22-20-18-16-14-12-10-8-6-4-2)40-33-43-31-34-45(35-32-43)49(54)59-46-38-36-44(37-39-46)48(52)53/h31-40,47H,3-30,41-42H2,1-2H3,(H,52,53)/b40-33+. The van der Waals surface area contributed by atoms with Crippen LogP contribution in [0.25, 0.3) is 6.08 Å². The lowest BCUT2D eigenvalue weighted by Crippen LogP contribution is -2.27. The van der Waals surface area contributed by atoms with Gasteiger partial charge in [0.25, 0.3) is 0 Å². The zero-order chi connectivity index (χ0) is 42.6. The van der Waals surface area contributed by atoms with Crippen LogP contribution >= 0.6 is 0 Å². The van der Waals surface area contributed by atoms with Gasteiger partial charge in [-0.05, 0) is 54.8 Å². The normalized spacial score (nSPS) is 11.3. The molecular weight excluding hydrogens is 741 g/mol. The molecule has 0 amide bonds. The Labute approximate surface area is 357 Å². The van der Waals surface area contributed by atoms with E-state index in [1.165, 1.54) is 172 Å². The molecule has 0 aliphatic heterocycles. The summed E-state index contributed by atoms with van der Waals surface area (Å²) in [6, 6.07) is 12.1. The van der Waals surface area contributed by atoms with E-state index in [-0.39, 0.29) is 24.5 Å². The van der Waals surface area contributed by atoms with E-state index in [1.54, 1.807) is 30.3 Å². The van der Waals surface area contributed by atoms with Crippen LogP contribution in [-0.4, -0.2) is 42.2 Å². The van der Waals surface area contributed by atoms with Crippen molar-refractivity contribution in [3.8, 4) is 5.75 Å². The third kappa shape index (κ3) is 26.0. The van der Waals surface area contributed by atoms with Gasteiger partial charge in [-0.1, -0.05) is 205 Å². The Hall–Kier alpha value is -3.94. The third-order valence-corrected chi connectivity index (χ3v) is 10.9. The summed E-state index contributed by atoms with van der Waals surface area (Å²) >= 11 is 0. The highest BCUT2D eigenvalue weighted by Crippen LogP contribution is 2.18. The molecule has 0 saturated heterocycles. The highest BCUT2D eigenvalue weighted by molar-refractivity contribution is 5.98. The number of rotatable bonds is 37. The Bertz CT molecular complexity index is 1370. The maximum Gasteiger partial charge on any atom is 0.343 e. The van der Waals surface area contributed by atoms with Gasteiger partial charge < -0.3 is 19.3 Å².